The zero-order valence-corrected chi connectivity index (χ0v) is 12.9. The molecule has 0 radical (unpaired) electrons. The van der Waals surface area contributed by atoms with Crippen LogP contribution in [-0.2, 0) is 11.8 Å². The van der Waals surface area contributed by atoms with Crippen LogP contribution in [0, 0.1) is 0 Å². The molecule has 1 atom stereocenters. The molecule has 0 unspecified atom stereocenters. The van der Waals surface area contributed by atoms with E-state index < -0.39 is 0 Å². The highest BCUT2D eigenvalue weighted by Gasteiger charge is 2.27. The minimum atomic E-state index is -0.169. The number of hydrogen-bond donors (Lipinski definition) is 1. The van der Waals surface area contributed by atoms with Crippen LogP contribution >= 0.6 is 11.8 Å². The zero-order chi connectivity index (χ0) is 14.8. The molecule has 1 amide bonds. The van der Waals surface area contributed by atoms with Crippen molar-refractivity contribution >= 4 is 17.7 Å². The maximum atomic E-state index is 12.0. The van der Waals surface area contributed by atoms with Gasteiger partial charge in [0.15, 0.2) is 11.0 Å². The summed E-state index contributed by atoms with van der Waals surface area (Å²) in [6.45, 7) is 1.90. The maximum absolute atomic E-state index is 12.0. The van der Waals surface area contributed by atoms with Gasteiger partial charge in [-0.3, -0.25) is 4.79 Å². The number of amides is 1. The van der Waals surface area contributed by atoms with E-state index in [9.17, 15) is 4.79 Å². The summed E-state index contributed by atoms with van der Waals surface area (Å²) < 4.78 is 1.93. The van der Waals surface area contributed by atoms with Gasteiger partial charge in [0, 0.05) is 18.7 Å². The van der Waals surface area contributed by atoms with Crippen LogP contribution in [0.2, 0.25) is 0 Å². The summed E-state index contributed by atoms with van der Waals surface area (Å²) in [5.74, 6) is 0.889. The first kappa shape index (κ1) is 14.1. The monoisotopic (exact) mass is 302 g/mol. The fourth-order valence-corrected chi connectivity index (χ4v) is 2.84. The van der Waals surface area contributed by atoms with E-state index in [0.717, 1.165) is 29.4 Å². The Kier molecular flexibility index (Phi) is 3.96. The second-order valence-corrected chi connectivity index (χ2v) is 6.58. The van der Waals surface area contributed by atoms with Gasteiger partial charge in [-0.15, -0.1) is 10.2 Å². The molecule has 0 spiro atoms. The number of hydrogen-bond acceptors (Lipinski definition) is 4. The van der Waals surface area contributed by atoms with Crippen LogP contribution in [0.3, 0.4) is 0 Å². The smallest absolute Gasteiger partial charge is 0.233 e. The summed E-state index contributed by atoms with van der Waals surface area (Å²) in [7, 11) is 1.93. The van der Waals surface area contributed by atoms with Gasteiger partial charge in [-0.25, -0.2) is 0 Å². The van der Waals surface area contributed by atoms with Crippen molar-refractivity contribution in [1.82, 2.24) is 20.1 Å². The summed E-state index contributed by atoms with van der Waals surface area (Å²) in [5, 5.41) is 12.0. The Hall–Kier alpha value is -1.82. The lowest BCUT2D eigenvalue weighted by molar-refractivity contribution is -0.120. The lowest BCUT2D eigenvalue weighted by Gasteiger charge is -2.11. The van der Waals surface area contributed by atoms with Crippen LogP contribution in [0.5, 0.6) is 0 Å². The van der Waals surface area contributed by atoms with Gasteiger partial charge < -0.3 is 9.88 Å². The van der Waals surface area contributed by atoms with Crippen molar-refractivity contribution in [3.05, 3.63) is 30.3 Å². The van der Waals surface area contributed by atoms with Gasteiger partial charge in [-0.1, -0.05) is 42.1 Å². The lowest BCUT2D eigenvalue weighted by atomic mass is 10.2. The second-order valence-electron chi connectivity index (χ2n) is 5.27. The topological polar surface area (TPSA) is 59.8 Å². The molecule has 110 valence electrons. The Labute approximate surface area is 128 Å². The summed E-state index contributed by atoms with van der Waals surface area (Å²) in [5.41, 5.74) is 1.02. The van der Waals surface area contributed by atoms with Crippen molar-refractivity contribution in [1.29, 1.82) is 0 Å². The molecule has 1 aliphatic rings. The van der Waals surface area contributed by atoms with E-state index in [1.807, 2.05) is 48.9 Å². The van der Waals surface area contributed by atoms with E-state index in [4.69, 9.17) is 0 Å². The molecule has 5 nitrogen and oxygen atoms in total. The molecular weight excluding hydrogens is 284 g/mol. The van der Waals surface area contributed by atoms with Gasteiger partial charge in [-0.05, 0) is 19.8 Å². The highest BCUT2D eigenvalue weighted by atomic mass is 32.2. The highest BCUT2D eigenvalue weighted by Crippen LogP contribution is 2.26. The number of carbonyl (C=O) groups is 1. The third-order valence-corrected chi connectivity index (χ3v) is 4.58. The quantitative estimate of drug-likeness (QED) is 0.861. The van der Waals surface area contributed by atoms with Crippen molar-refractivity contribution in [2.75, 3.05) is 0 Å². The minimum absolute atomic E-state index is 0.0757. The molecule has 0 saturated heterocycles. The van der Waals surface area contributed by atoms with Crippen LogP contribution in [0.25, 0.3) is 11.4 Å². The van der Waals surface area contributed by atoms with Gasteiger partial charge in [-0.2, -0.15) is 0 Å². The third-order valence-electron chi connectivity index (χ3n) is 3.44. The Morgan fingerprint density at radius 1 is 1.33 bits per heavy atom. The summed E-state index contributed by atoms with van der Waals surface area (Å²) in [6.07, 6.45) is 2.20. The van der Waals surface area contributed by atoms with Gasteiger partial charge in [0.05, 0.1) is 5.25 Å². The molecule has 1 aliphatic carbocycles. The van der Waals surface area contributed by atoms with Gasteiger partial charge in [0.2, 0.25) is 5.91 Å². The maximum Gasteiger partial charge on any atom is 0.233 e. The molecule has 1 fully saturated rings. The summed E-state index contributed by atoms with van der Waals surface area (Å²) >= 11 is 1.44. The molecule has 0 bridgehead atoms. The first-order chi connectivity index (χ1) is 10.1. The van der Waals surface area contributed by atoms with Crippen LogP contribution in [-0.4, -0.2) is 32.0 Å². The van der Waals surface area contributed by atoms with Crippen molar-refractivity contribution < 1.29 is 4.79 Å². The Bertz CT molecular complexity index is 636. The number of rotatable bonds is 5. The van der Waals surface area contributed by atoms with Crippen LogP contribution in [0.4, 0.5) is 0 Å². The van der Waals surface area contributed by atoms with E-state index >= 15 is 0 Å². The number of thioether (sulfide) groups is 1. The average Bonchev–Trinajstić information content (AvgIpc) is 3.24. The van der Waals surface area contributed by atoms with Crippen LogP contribution in [0.15, 0.2) is 35.5 Å². The highest BCUT2D eigenvalue weighted by molar-refractivity contribution is 8.00. The standard InChI is InChI=1S/C15H18N4OS/c1-10(14(20)16-12-8-9-12)21-15-18-17-13(19(15)2)11-6-4-3-5-7-11/h3-7,10,12H,8-9H2,1-2H3,(H,16,20)/t10-/m0/s1. The first-order valence-electron chi connectivity index (χ1n) is 7.07. The van der Waals surface area contributed by atoms with E-state index in [1.165, 1.54) is 11.8 Å². The Morgan fingerprint density at radius 3 is 2.71 bits per heavy atom. The second kappa shape index (κ2) is 5.89. The number of nitrogens with zero attached hydrogens (tertiary/aromatic N) is 3. The molecule has 1 N–H and O–H groups in total. The van der Waals surface area contributed by atoms with Gasteiger partial charge >= 0.3 is 0 Å². The van der Waals surface area contributed by atoms with Crippen molar-refractivity contribution in [3.8, 4) is 11.4 Å². The van der Waals surface area contributed by atoms with Gasteiger partial charge in [0.25, 0.3) is 0 Å². The van der Waals surface area contributed by atoms with E-state index in [2.05, 4.69) is 15.5 Å². The molecule has 1 heterocycles. The van der Waals surface area contributed by atoms with Crippen molar-refractivity contribution in [2.45, 2.75) is 36.2 Å². The first-order valence-corrected chi connectivity index (χ1v) is 7.95. The molecule has 0 aliphatic heterocycles. The predicted octanol–water partition coefficient (Wildman–Crippen LogP) is 2.24. The van der Waals surface area contributed by atoms with E-state index in [0.29, 0.717) is 6.04 Å². The largest absolute Gasteiger partial charge is 0.352 e. The van der Waals surface area contributed by atoms with E-state index in [1.54, 1.807) is 0 Å². The molecule has 1 aromatic heterocycles. The predicted molar refractivity (Wildman–Crippen MR) is 82.9 cm³/mol. The summed E-state index contributed by atoms with van der Waals surface area (Å²) in [4.78, 5) is 12.0. The lowest BCUT2D eigenvalue weighted by Crippen LogP contribution is -2.32. The fourth-order valence-electron chi connectivity index (χ4n) is 2.01. The number of benzene rings is 1. The number of aromatic nitrogens is 3. The molecule has 21 heavy (non-hydrogen) atoms. The molecule has 1 saturated carbocycles. The fraction of sp³-hybridized carbons (Fsp3) is 0.400. The number of nitrogens with one attached hydrogen (secondary N) is 1. The van der Waals surface area contributed by atoms with Crippen molar-refractivity contribution in [3.63, 3.8) is 0 Å². The van der Waals surface area contributed by atoms with E-state index in [-0.39, 0.29) is 11.2 Å². The Balaban J connectivity index is 1.71. The SMILES string of the molecule is C[C@H](Sc1nnc(-c2ccccc2)n1C)C(=O)NC1CC1. The number of carbonyl (C=O) groups excluding carboxylic acids is 1. The summed E-state index contributed by atoms with van der Waals surface area (Å²) in [6, 6.07) is 10.3. The van der Waals surface area contributed by atoms with Crippen LogP contribution in [0.1, 0.15) is 19.8 Å². The van der Waals surface area contributed by atoms with Crippen molar-refractivity contribution in [2.24, 2.45) is 7.05 Å². The molecule has 1 aromatic carbocycles. The molecule has 2 aromatic rings. The molecular formula is C15H18N4OS. The Morgan fingerprint density at radius 2 is 2.05 bits per heavy atom. The third kappa shape index (κ3) is 3.26. The molecule has 6 heteroatoms. The zero-order valence-electron chi connectivity index (χ0n) is 12.1. The average molecular weight is 302 g/mol. The molecule has 3 rings (SSSR count). The van der Waals surface area contributed by atoms with Gasteiger partial charge in [0.1, 0.15) is 0 Å². The van der Waals surface area contributed by atoms with Crippen LogP contribution < -0.4 is 5.32 Å². The minimum Gasteiger partial charge on any atom is -0.352 e. The normalized spacial score (nSPS) is 15.7.